The molecule has 1 N–H and O–H groups in total. The lowest BCUT2D eigenvalue weighted by Gasteiger charge is -2.37. The third-order valence-electron chi connectivity index (χ3n) is 5.37. The molecule has 2 aliphatic heterocycles. The molecule has 1 saturated heterocycles. The molecule has 160 valence electrons. The SMILES string of the molecule is O=C(NCc1ccc(C(F)(F)F)cc1)N1CCC2(CC1)Cn1cc([N+](=O)[O-])nc1O2. The van der Waals surface area contributed by atoms with E-state index >= 15 is 0 Å². The van der Waals surface area contributed by atoms with Crippen LogP contribution < -0.4 is 10.1 Å². The van der Waals surface area contributed by atoms with Crippen molar-refractivity contribution in [3.63, 3.8) is 0 Å². The van der Waals surface area contributed by atoms with Crippen molar-refractivity contribution in [1.29, 1.82) is 0 Å². The van der Waals surface area contributed by atoms with Crippen molar-refractivity contribution >= 4 is 11.8 Å². The maximum absolute atomic E-state index is 12.6. The number of ether oxygens (including phenoxy) is 1. The molecule has 3 heterocycles. The zero-order chi connectivity index (χ0) is 21.5. The van der Waals surface area contributed by atoms with Gasteiger partial charge in [0.25, 0.3) is 0 Å². The number of halogens is 3. The van der Waals surface area contributed by atoms with Gasteiger partial charge in [-0.3, -0.25) is 4.57 Å². The third kappa shape index (κ3) is 3.89. The van der Waals surface area contributed by atoms with Gasteiger partial charge in [-0.2, -0.15) is 13.2 Å². The lowest BCUT2D eigenvalue weighted by molar-refractivity contribution is -0.389. The summed E-state index contributed by atoms with van der Waals surface area (Å²) in [6.07, 6.45) is -1.97. The quantitative estimate of drug-likeness (QED) is 0.602. The number of imidazole rings is 1. The molecule has 1 spiro atoms. The fourth-order valence-corrected chi connectivity index (χ4v) is 3.68. The van der Waals surface area contributed by atoms with Gasteiger partial charge in [-0.05, 0) is 22.6 Å². The Morgan fingerprint density at radius 3 is 2.50 bits per heavy atom. The highest BCUT2D eigenvalue weighted by atomic mass is 19.4. The van der Waals surface area contributed by atoms with Crippen LogP contribution in [-0.4, -0.2) is 44.1 Å². The first kappa shape index (κ1) is 20.0. The standard InChI is InChI=1S/C18H18F3N5O4/c19-18(20,21)13-3-1-12(2-4-13)9-22-15(27)24-7-5-17(6-8-24)11-25-10-14(26(28)29)23-16(25)30-17/h1-4,10H,5-9,11H2,(H,22,27). The first-order valence-electron chi connectivity index (χ1n) is 9.25. The minimum atomic E-state index is -4.39. The molecule has 0 unspecified atom stereocenters. The fourth-order valence-electron chi connectivity index (χ4n) is 3.68. The summed E-state index contributed by atoms with van der Waals surface area (Å²) in [5.41, 5.74) is -0.710. The summed E-state index contributed by atoms with van der Waals surface area (Å²) in [7, 11) is 0. The van der Waals surface area contributed by atoms with Gasteiger partial charge >= 0.3 is 24.0 Å². The van der Waals surface area contributed by atoms with Crippen LogP contribution in [0.2, 0.25) is 0 Å². The number of hydrogen-bond acceptors (Lipinski definition) is 5. The Bertz CT molecular complexity index is 940. The number of benzene rings is 1. The van der Waals surface area contributed by atoms with E-state index in [0.717, 1.165) is 12.1 Å². The number of nitro groups is 1. The molecule has 4 rings (SSSR count). The zero-order valence-electron chi connectivity index (χ0n) is 15.7. The Hall–Kier alpha value is -3.31. The van der Waals surface area contributed by atoms with E-state index in [0.29, 0.717) is 38.0 Å². The Labute approximate surface area is 168 Å². The van der Waals surface area contributed by atoms with Crippen molar-refractivity contribution in [1.82, 2.24) is 19.8 Å². The second-order valence-corrected chi connectivity index (χ2v) is 7.39. The van der Waals surface area contributed by atoms with Crippen LogP contribution in [0.15, 0.2) is 30.5 Å². The van der Waals surface area contributed by atoms with E-state index in [1.54, 1.807) is 9.47 Å². The Balaban J connectivity index is 1.27. The minimum Gasteiger partial charge on any atom is -0.437 e. The van der Waals surface area contributed by atoms with E-state index in [4.69, 9.17) is 4.74 Å². The topological polar surface area (TPSA) is 103 Å². The van der Waals surface area contributed by atoms with Gasteiger partial charge in [0.1, 0.15) is 11.8 Å². The smallest absolute Gasteiger partial charge is 0.416 e. The maximum atomic E-state index is 12.6. The first-order valence-corrected chi connectivity index (χ1v) is 9.25. The molecule has 2 aliphatic rings. The number of nitrogens with zero attached hydrogens (tertiary/aromatic N) is 4. The van der Waals surface area contributed by atoms with Crippen LogP contribution in [0.25, 0.3) is 0 Å². The first-order chi connectivity index (χ1) is 14.2. The maximum Gasteiger partial charge on any atom is 0.416 e. The summed E-state index contributed by atoms with van der Waals surface area (Å²) in [5, 5.41) is 13.5. The summed E-state index contributed by atoms with van der Waals surface area (Å²) in [6, 6.07) is 4.54. The molecule has 30 heavy (non-hydrogen) atoms. The van der Waals surface area contributed by atoms with Gasteiger partial charge in [0.15, 0.2) is 0 Å². The number of rotatable bonds is 3. The van der Waals surface area contributed by atoms with Crippen LogP contribution in [0.3, 0.4) is 0 Å². The summed E-state index contributed by atoms with van der Waals surface area (Å²) < 4.78 is 45.3. The molecule has 1 fully saturated rings. The highest BCUT2D eigenvalue weighted by Crippen LogP contribution is 2.37. The number of aromatic nitrogens is 2. The normalized spacial score (nSPS) is 17.5. The van der Waals surface area contributed by atoms with E-state index in [1.165, 1.54) is 18.3 Å². The molecule has 1 aromatic heterocycles. The number of nitrogens with one attached hydrogen (secondary N) is 1. The number of hydrogen-bond donors (Lipinski definition) is 1. The van der Waals surface area contributed by atoms with Crippen molar-refractivity contribution in [3.8, 4) is 6.01 Å². The Morgan fingerprint density at radius 2 is 1.93 bits per heavy atom. The van der Waals surface area contributed by atoms with Gasteiger partial charge in [-0.1, -0.05) is 12.1 Å². The Morgan fingerprint density at radius 1 is 1.27 bits per heavy atom. The van der Waals surface area contributed by atoms with Gasteiger partial charge in [0, 0.05) is 37.5 Å². The number of urea groups is 1. The molecule has 0 radical (unpaired) electrons. The van der Waals surface area contributed by atoms with Crippen molar-refractivity contribution < 1.29 is 27.6 Å². The van der Waals surface area contributed by atoms with E-state index in [2.05, 4.69) is 10.3 Å². The van der Waals surface area contributed by atoms with Crippen molar-refractivity contribution in [2.24, 2.45) is 0 Å². The summed E-state index contributed by atoms with van der Waals surface area (Å²) >= 11 is 0. The number of alkyl halides is 3. The predicted octanol–water partition coefficient (Wildman–Crippen LogP) is 2.95. The molecular weight excluding hydrogens is 407 g/mol. The van der Waals surface area contributed by atoms with E-state index in [1.807, 2.05) is 0 Å². The van der Waals surface area contributed by atoms with Gasteiger partial charge in [-0.15, -0.1) is 0 Å². The van der Waals surface area contributed by atoms with Gasteiger partial charge in [0.2, 0.25) is 0 Å². The van der Waals surface area contributed by atoms with E-state index in [9.17, 15) is 28.1 Å². The lowest BCUT2D eigenvalue weighted by Crippen LogP contribution is -2.51. The monoisotopic (exact) mass is 425 g/mol. The largest absolute Gasteiger partial charge is 0.437 e. The van der Waals surface area contributed by atoms with Gasteiger partial charge in [0.05, 0.1) is 12.1 Å². The molecule has 0 saturated carbocycles. The average Bonchev–Trinajstić information content (AvgIpc) is 3.22. The molecule has 2 aromatic rings. The summed E-state index contributed by atoms with van der Waals surface area (Å²) in [6.45, 7) is 1.40. The second kappa shape index (κ2) is 7.18. The third-order valence-corrected chi connectivity index (χ3v) is 5.37. The van der Waals surface area contributed by atoms with Crippen molar-refractivity contribution in [3.05, 3.63) is 51.7 Å². The second-order valence-electron chi connectivity index (χ2n) is 7.39. The van der Waals surface area contributed by atoms with Crippen LogP contribution in [0.5, 0.6) is 6.01 Å². The average molecular weight is 425 g/mol. The van der Waals surface area contributed by atoms with E-state index in [-0.39, 0.29) is 24.4 Å². The molecular formula is C18H18F3N5O4. The van der Waals surface area contributed by atoms with Crippen LogP contribution >= 0.6 is 0 Å². The zero-order valence-corrected chi connectivity index (χ0v) is 15.7. The fraction of sp³-hybridized carbons (Fsp3) is 0.444. The molecule has 12 heteroatoms. The van der Waals surface area contributed by atoms with Crippen LogP contribution in [0.4, 0.5) is 23.8 Å². The van der Waals surface area contributed by atoms with Crippen molar-refractivity contribution in [2.45, 2.75) is 37.7 Å². The van der Waals surface area contributed by atoms with Crippen molar-refractivity contribution in [2.75, 3.05) is 13.1 Å². The molecule has 9 nitrogen and oxygen atoms in total. The molecule has 0 atom stereocenters. The number of piperidine rings is 1. The molecule has 2 amide bonds. The van der Waals surface area contributed by atoms with Gasteiger partial charge < -0.3 is 25.1 Å². The molecule has 0 aliphatic carbocycles. The van der Waals surface area contributed by atoms with Crippen LogP contribution in [0.1, 0.15) is 24.0 Å². The highest BCUT2D eigenvalue weighted by molar-refractivity contribution is 5.74. The summed E-state index contributed by atoms with van der Waals surface area (Å²) in [5.74, 6) is -0.264. The predicted molar refractivity (Wildman–Crippen MR) is 96.7 cm³/mol. The minimum absolute atomic E-state index is 0.119. The number of carbonyl (C=O) groups is 1. The number of fused-ring (bicyclic) bond motifs is 1. The Kier molecular flexibility index (Phi) is 4.79. The number of carbonyl (C=O) groups excluding carboxylic acids is 1. The van der Waals surface area contributed by atoms with Crippen LogP contribution in [0, 0.1) is 10.1 Å². The molecule has 1 aromatic carbocycles. The summed E-state index contributed by atoms with van der Waals surface area (Å²) in [4.78, 5) is 28.1. The lowest BCUT2D eigenvalue weighted by atomic mass is 9.91. The highest BCUT2D eigenvalue weighted by Gasteiger charge is 2.46. The van der Waals surface area contributed by atoms with Crippen LogP contribution in [-0.2, 0) is 19.3 Å². The number of amides is 2. The van der Waals surface area contributed by atoms with Gasteiger partial charge in [-0.25, -0.2) is 4.79 Å². The number of likely N-dealkylation sites (tertiary alicyclic amines) is 1. The van der Waals surface area contributed by atoms with E-state index < -0.39 is 22.3 Å². The molecule has 0 bridgehead atoms.